The second kappa shape index (κ2) is 6.13. The minimum absolute atomic E-state index is 0.178. The highest BCUT2D eigenvalue weighted by Gasteiger charge is 2.18. The normalized spacial score (nSPS) is 11.4. The van der Waals surface area contributed by atoms with Crippen LogP contribution in [0.5, 0.6) is 0 Å². The lowest BCUT2D eigenvalue weighted by Gasteiger charge is -2.09. The maximum absolute atomic E-state index is 14.8. The van der Waals surface area contributed by atoms with Gasteiger partial charge in [0.05, 0.1) is 28.4 Å². The second-order valence-corrected chi connectivity index (χ2v) is 6.60. The van der Waals surface area contributed by atoms with E-state index in [2.05, 4.69) is 9.97 Å². The summed E-state index contributed by atoms with van der Waals surface area (Å²) >= 11 is 0. The van der Waals surface area contributed by atoms with E-state index >= 15 is 0 Å². The van der Waals surface area contributed by atoms with Gasteiger partial charge in [0, 0.05) is 42.0 Å². The van der Waals surface area contributed by atoms with Crippen LogP contribution in [0.25, 0.3) is 38.8 Å². The molecule has 0 aliphatic heterocycles. The lowest BCUT2D eigenvalue weighted by molar-refractivity contribution is 0.633. The van der Waals surface area contributed by atoms with Crippen LogP contribution in [0.3, 0.4) is 0 Å². The van der Waals surface area contributed by atoms with Crippen molar-refractivity contribution < 1.29 is 4.39 Å². The lowest BCUT2D eigenvalue weighted by atomic mass is 10.0. The number of halogens is 1. The summed E-state index contributed by atoms with van der Waals surface area (Å²) in [4.78, 5) is 21.4. The number of imidazole rings is 1. The molecule has 6 heteroatoms. The van der Waals surface area contributed by atoms with Crippen molar-refractivity contribution in [2.45, 2.75) is 0 Å². The largest absolute Gasteiger partial charge is 0.333 e. The topological polar surface area (TPSA) is 52.7 Å². The monoisotopic (exact) mass is 370 g/mol. The van der Waals surface area contributed by atoms with E-state index in [1.165, 1.54) is 6.07 Å². The Kier molecular flexibility index (Phi) is 3.58. The van der Waals surface area contributed by atoms with Gasteiger partial charge in [0.15, 0.2) is 0 Å². The summed E-state index contributed by atoms with van der Waals surface area (Å²) in [5.74, 6) is -0.378. The number of aromatic nitrogens is 4. The maximum atomic E-state index is 14.8. The number of aryl methyl sites for hydroxylation is 1. The summed E-state index contributed by atoms with van der Waals surface area (Å²) in [6.45, 7) is 0. The van der Waals surface area contributed by atoms with E-state index in [-0.39, 0.29) is 11.5 Å². The molecule has 3 aromatic heterocycles. The van der Waals surface area contributed by atoms with Crippen molar-refractivity contribution >= 4 is 21.9 Å². The molecule has 0 amide bonds. The van der Waals surface area contributed by atoms with E-state index in [0.29, 0.717) is 33.1 Å². The molecular weight excluding hydrogens is 355 g/mol. The smallest absolute Gasteiger partial charge is 0.293 e. The van der Waals surface area contributed by atoms with E-state index in [1.54, 1.807) is 53.0 Å². The molecule has 0 saturated heterocycles. The van der Waals surface area contributed by atoms with Crippen LogP contribution < -0.4 is 5.69 Å². The number of fused-ring (bicyclic) bond motifs is 3. The van der Waals surface area contributed by atoms with E-state index in [4.69, 9.17) is 0 Å². The number of hydrogen-bond acceptors (Lipinski definition) is 3. The molecular formula is C22H15FN4O. The van der Waals surface area contributed by atoms with Gasteiger partial charge in [-0.3, -0.25) is 19.1 Å². The quantitative estimate of drug-likeness (QED) is 0.471. The third kappa shape index (κ3) is 2.35. The van der Waals surface area contributed by atoms with Crippen molar-refractivity contribution in [3.8, 4) is 16.8 Å². The molecule has 0 N–H and O–H groups in total. The van der Waals surface area contributed by atoms with Gasteiger partial charge in [-0.2, -0.15) is 0 Å². The van der Waals surface area contributed by atoms with Crippen molar-refractivity contribution in [3.63, 3.8) is 0 Å². The highest BCUT2D eigenvalue weighted by molar-refractivity contribution is 6.04. The van der Waals surface area contributed by atoms with Gasteiger partial charge >= 0.3 is 5.69 Å². The Labute approximate surface area is 159 Å². The number of rotatable bonds is 2. The summed E-state index contributed by atoms with van der Waals surface area (Å²) in [5, 5.41) is 0.708. The van der Waals surface area contributed by atoms with Crippen LogP contribution in [-0.2, 0) is 7.05 Å². The van der Waals surface area contributed by atoms with Crippen LogP contribution in [0.2, 0.25) is 0 Å². The van der Waals surface area contributed by atoms with Gasteiger partial charge in [0.1, 0.15) is 5.82 Å². The number of hydrogen-bond donors (Lipinski definition) is 0. The van der Waals surface area contributed by atoms with E-state index in [9.17, 15) is 9.18 Å². The Morgan fingerprint density at radius 2 is 1.82 bits per heavy atom. The van der Waals surface area contributed by atoms with Crippen molar-refractivity contribution in [2.75, 3.05) is 0 Å². The molecule has 0 spiro atoms. The minimum Gasteiger partial charge on any atom is -0.293 e. The zero-order valence-electron chi connectivity index (χ0n) is 15.0. The summed E-state index contributed by atoms with van der Waals surface area (Å²) in [6.07, 6.45) is 4.88. The molecule has 0 atom stereocenters. The average Bonchev–Trinajstić information content (AvgIpc) is 2.99. The van der Waals surface area contributed by atoms with Gasteiger partial charge in [0.25, 0.3) is 0 Å². The molecule has 28 heavy (non-hydrogen) atoms. The standard InChI is InChI=1S/C22H15FN4O/c1-26-20-13-25-19-11-18(23)16(14-6-5-9-24-12-14)10-17(19)21(20)27(22(26)28)15-7-3-2-4-8-15/h2-13H,1H3. The zero-order chi connectivity index (χ0) is 19.3. The molecule has 0 saturated carbocycles. The first kappa shape index (κ1) is 16.4. The number of benzene rings is 2. The molecule has 136 valence electrons. The summed E-state index contributed by atoms with van der Waals surface area (Å²) in [7, 11) is 1.71. The third-order valence-electron chi connectivity index (χ3n) is 4.96. The van der Waals surface area contributed by atoms with Crippen LogP contribution in [0.15, 0.2) is 78.0 Å². The van der Waals surface area contributed by atoms with Crippen molar-refractivity contribution in [1.29, 1.82) is 0 Å². The fraction of sp³-hybridized carbons (Fsp3) is 0.0455. The molecule has 0 unspecified atom stereocenters. The maximum Gasteiger partial charge on any atom is 0.333 e. The predicted molar refractivity (Wildman–Crippen MR) is 107 cm³/mol. The van der Waals surface area contributed by atoms with Gasteiger partial charge in [0.2, 0.25) is 0 Å². The van der Waals surface area contributed by atoms with Gasteiger partial charge in [-0.25, -0.2) is 9.18 Å². The Bertz CT molecular complexity index is 1390. The summed E-state index contributed by atoms with van der Waals surface area (Å²) in [6, 6.07) is 16.1. The van der Waals surface area contributed by atoms with Gasteiger partial charge in [-0.05, 0) is 24.3 Å². The van der Waals surface area contributed by atoms with E-state index in [1.807, 2.05) is 30.3 Å². The molecule has 0 aliphatic carbocycles. The molecule has 0 bridgehead atoms. The fourth-order valence-corrected chi connectivity index (χ4v) is 3.58. The molecule has 5 nitrogen and oxygen atoms in total. The van der Waals surface area contributed by atoms with Gasteiger partial charge in [-0.15, -0.1) is 0 Å². The molecule has 3 heterocycles. The van der Waals surface area contributed by atoms with Crippen LogP contribution in [0.1, 0.15) is 0 Å². The average molecular weight is 370 g/mol. The molecule has 0 radical (unpaired) electrons. The molecule has 5 aromatic rings. The first-order valence-corrected chi connectivity index (χ1v) is 8.80. The Morgan fingerprint density at radius 3 is 2.57 bits per heavy atom. The number of nitrogens with zero attached hydrogens (tertiary/aromatic N) is 4. The fourth-order valence-electron chi connectivity index (χ4n) is 3.58. The van der Waals surface area contributed by atoms with Gasteiger partial charge < -0.3 is 0 Å². The summed E-state index contributed by atoms with van der Waals surface area (Å²) < 4.78 is 18.0. The predicted octanol–water partition coefficient (Wildman–Crippen LogP) is 4.08. The van der Waals surface area contributed by atoms with Crippen LogP contribution in [0.4, 0.5) is 4.39 Å². The molecule has 0 fully saturated rings. The van der Waals surface area contributed by atoms with Crippen molar-refractivity contribution in [1.82, 2.24) is 19.1 Å². The van der Waals surface area contributed by atoms with E-state index < -0.39 is 0 Å². The molecule has 5 rings (SSSR count). The highest BCUT2D eigenvalue weighted by Crippen LogP contribution is 2.31. The SMILES string of the molecule is Cn1c(=O)n(-c2ccccc2)c2c3cc(-c4cccnc4)c(F)cc3ncc21. The lowest BCUT2D eigenvalue weighted by Crippen LogP contribution is -2.20. The van der Waals surface area contributed by atoms with Crippen LogP contribution >= 0.6 is 0 Å². The minimum atomic E-state index is -0.378. The second-order valence-electron chi connectivity index (χ2n) is 6.60. The number of para-hydroxylation sites is 1. The zero-order valence-corrected chi connectivity index (χ0v) is 15.0. The van der Waals surface area contributed by atoms with Crippen molar-refractivity contribution in [2.24, 2.45) is 7.05 Å². The first-order valence-electron chi connectivity index (χ1n) is 8.80. The number of pyridine rings is 2. The highest BCUT2D eigenvalue weighted by atomic mass is 19.1. The van der Waals surface area contributed by atoms with E-state index in [0.717, 1.165) is 5.69 Å². The Balaban J connectivity index is 1.94. The van der Waals surface area contributed by atoms with Crippen molar-refractivity contribution in [3.05, 3.63) is 89.5 Å². The Morgan fingerprint density at radius 1 is 1.00 bits per heavy atom. The summed E-state index contributed by atoms with van der Waals surface area (Å²) in [5.41, 5.74) is 3.54. The molecule has 2 aromatic carbocycles. The first-order chi connectivity index (χ1) is 13.6. The van der Waals surface area contributed by atoms with Gasteiger partial charge in [-0.1, -0.05) is 24.3 Å². The molecule has 0 aliphatic rings. The van der Waals surface area contributed by atoms with Crippen LogP contribution in [0, 0.1) is 5.82 Å². The van der Waals surface area contributed by atoms with Crippen LogP contribution in [-0.4, -0.2) is 19.1 Å². The third-order valence-corrected chi connectivity index (χ3v) is 4.96. The Hall–Kier alpha value is -3.80.